The Morgan fingerprint density at radius 2 is 1.68 bits per heavy atom. The van der Waals surface area contributed by atoms with Gasteiger partial charge < -0.3 is 15.2 Å². The number of carboxylic acid groups (broad SMARTS) is 1. The number of carbonyl (C=O) groups is 2. The second kappa shape index (κ2) is 10.7. The van der Waals surface area contributed by atoms with Gasteiger partial charge in [-0.15, -0.1) is 11.3 Å². The number of thiophene rings is 1. The molecule has 6 nitrogen and oxygen atoms in total. The highest BCUT2D eigenvalue weighted by Gasteiger charge is 2.23. The Morgan fingerprint density at radius 3 is 2.30 bits per heavy atom. The molecule has 0 aliphatic heterocycles. The molecule has 0 bridgehead atoms. The van der Waals surface area contributed by atoms with Gasteiger partial charge >= 0.3 is 5.97 Å². The van der Waals surface area contributed by atoms with Crippen molar-refractivity contribution in [2.45, 2.75) is 58.4 Å². The van der Waals surface area contributed by atoms with Crippen molar-refractivity contribution in [3.8, 4) is 11.5 Å². The Kier molecular flexibility index (Phi) is 7.64. The maximum Gasteiger partial charge on any atom is 0.326 e. The average Bonchev–Trinajstić information content (AvgIpc) is 3.32. The Hall–Kier alpha value is -3.71. The van der Waals surface area contributed by atoms with Gasteiger partial charge in [-0.2, -0.15) is 0 Å². The molecule has 0 aliphatic carbocycles. The fourth-order valence-corrected chi connectivity index (χ4v) is 4.98. The molecule has 7 heteroatoms. The quantitative estimate of drug-likeness (QED) is 0.265. The summed E-state index contributed by atoms with van der Waals surface area (Å²) in [5.74, 6) is 0.179. The summed E-state index contributed by atoms with van der Waals surface area (Å²) in [6.45, 7) is 10.7. The lowest BCUT2D eigenvalue weighted by Crippen LogP contribution is -2.42. The van der Waals surface area contributed by atoms with Crippen molar-refractivity contribution in [2.24, 2.45) is 0 Å². The summed E-state index contributed by atoms with van der Waals surface area (Å²) in [7, 11) is 0. The summed E-state index contributed by atoms with van der Waals surface area (Å²) in [4.78, 5) is 31.1. The smallest absolute Gasteiger partial charge is 0.326 e. The Labute approximate surface area is 221 Å². The number of carboxylic acids is 1. The molecule has 0 spiro atoms. The van der Waals surface area contributed by atoms with Gasteiger partial charge in [-0.25, -0.2) is 4.79 Å². The van der Waals surface area contributed by atoms with E-state index in [0.29, 0.717) is 11.7 Å². The van der Waals surface area contributed by atoms with E-state index in [9.17, 15) is 14.7 Å². The molecule has 2 heterocycles. The van der Waals surface area contributed by atoms with Gasteiger partial charge in [0.25, 0.3) is 5.91 Å². The minimum atomic E-state index is -1.08. The number of hydrogen-bond acceptors (Lipinski definition) is 5. The molecule has 0 radical (unpaired) electrons. The maximum atomic E-state index is 12.9. The number of pyridine rings is 1. The van der Waals surface area contributed by atoms with Crippen LogP contribution in [-0.4, -0.2) is 28.0 Å². The fourth-order valence-electron chi connectivity index (χ4n) is 3.91. The van der Waals surface area contributed by atoms with E-state index in [1.807, 2.05) is 42.5 Å². The van der Waals surface area contributed by atoms with Crippen molar-refractivity contribution < 1.29 is 19.4 Å². The van der Waals surface area contributed by atoms with E-state index in [1.54, 1.807) is 23.6 Å². The number of fused-ring (bicyclic) bond motifs is 1. The third-order valence-electron chi connectivity index (χ3n) is 6.14. The average molecular weight is 517 g/mol. The standard InChI is InChI=1S/C30H32N2O4S/c1-18(2)27-13-12-24(37-27)16-26(29(34)35)32-28(33)25-15-19-6-9-23(14-20(19)17-31-25)36-22-10-7-21(8-11-22)30(3,4)5/h6-15,17-18,26H,16H2,1-5H3,(H,32,33)(H,34,35)/t26-/m1/s1. The Bertz CT molecular complexity index is 1420. The van der Waals surface area contributed by atoms with Gasteiger partial charge in [0.1, 0.15) is 23.2 Å². The molecule has 0 saturated heterocycles. The van der Waals surface area contributed by atoms with E-state index in [2.05, 4.69) is 57.1 Å². The van der Waals surface area contributed by atoms with E-state index in [4.69, 9.17) is 4.74 Å². The highest BCUT2D eigenvalue weighted by atomic mass is 32.1. The molecule has 2 N–H and O–H groups in total. The fraction of sp³-hybridized carbons (Fsp3) is 0.300. The normalized spacial score (nSPS) is 12.5. The van der Waals surface area contributed by atoms with Crippen LogP contribution in [0.3, 0.4) is 0 Å². The van der Waals surface area contributed by atoms with Crippen LogP contribution >= 0.6 is 11.3 Å². The summed E-state index contributed by atoms with van der Waals surface area (Å²) in [5.41, 5.74) is 1.47. The SMILES string of the molecule is CC(C)c1ccc(C[C@@H](NC(=O)c2cc3ccc(Oc4ccc(C(C)(C)C)cc4)cc3cn2)C(=O)O)s1. The lowest BCUT2D eigenvalue weighted by atomic mass is 9.87. The van der Waals surface area contributed by atoms with Crippen molar-refractivity contribution in [2.75, 3.05) is 0 Å². The topological polar surface area (TPSA) is 88.5 Å². The largest absolute Gasteiger partial charge is 0.480 e. The number of aliphatic carboxylic acids is 1. The second-order valence-electron chi connectivity index (χ2n) is 10.5. The highest BCUT2D eigenvalue weighted by molar-refractivity contribution is 7.12. The number of benzene rings is 2. The second-order valence-corrected chi connectivity index (χ2v) is 11.7. The predicted octanol–water partition coefficient (Wildman–Crippen LogP) is 6.94. The maximum absolute atomic E-state index is 12.9. The van der Waals surface area contributed by atoms with Crippen molar-refractivity contribution in [1.82, 2.24) is 10.3 Å². The van der Waals surface area contributed by atoms with Gasteiger partial charge in [0.15, 0.2) is 0 Å². The van der Waals surface area contributed by atoms with E-state index < -0.39 is 17.9 Å². The third kappa shape index (κ3) is 6.54. The number of aromatic nitrogens is 1. The Balaban J connectivity index is 1.45. The summed E-state index contributed by atoms with van der Waals surface area (Å²) < 4.78 is 6.01. The van der Waals surface area contributed by atoms with Crippen LogP contribution < -0.4 is 10.1 Å². The van der Waals surface area contributed by atoms with Crippen molar-refractivity contribution >= 4 is 34.0 Å². The molecule has 37 heavy (non-hydrogen) atoms. The predicted molar refractivity (Wildman–Crippen MR) is 148 cm³/mol. The molecule has 1 atom stereocenters. The van der Waals surface area contributed by atoms with Crippen molar-refractivity contribution in [3.63, 3.8) is 0 Å². The molecule has 2 aromatic heterocycles. The summed E-state index contributed by atoms with van der Waals surface area (Å²) >= 11 is 1.57. The lowest BCUT2D eigenvalue weighted by Gasteiger charge is -2.19. The molecular formula is C30H32N2O4S. The van der Waals surface area contributed by atoms with Crippen LogP contribution in [0.1, 0.15) is 66.3 Å². The van der Waals surface area contributed by atoms with Crippen LogP contribution in [0.4, 0.5) is 0 Å². The van der Waals surface area contributed by atoms with Gasteiger partial charge in [-0.05, 0) is 64.7 Å². The molecular weight excluding hydrogens is 484 g/mol. The van der Waals surface area contributed by atoms with Gasteiger partial charge in [0.2, 0.25) is 0 Å². The third-order valence-corrected chi connectivity index (χ3v) is 7.55. The van der Waals surface area contributed by atoms with E-state index in [1.165, 1.54) is 10.4 Å². The molecule has 1 amide bonds. The van der Waals surface area contributed by atoms with E-state index >= 15 is 0 Å². The zero-order valence-corrected chi connectivity index (χ0v) is 22.6. The van der Waals surface area contributed by atoms with Crippen LogP contribution in [0.15, 0.2) is 66.9 Å². The van der Waals surface area contributed by atoms with Crippen LogP contribution in [0.25, 0.3) is 10.8 Å². The van der Waals surface area contributed by atoms with E-state index in [0.717, 1.165) is 21.4 Å². The molecule has 0 saturated carbocycles. The summed E-state index contributed by atoms with van der Waals surface area (Å²) in [6.07, 6.45) is 1.83. The van der Waals surface area contributed by atoms with Gasteiger partial charge in [0, 0.05) is 27.8 Å². The first-order valence-electron chi connectivity index (χ1n) is 12.3. The first-order chi connectivity index (χ1) is 17.5. The molecule has 0 fully saturated rings. The zero-order valence-electron chi connectivity index (χ0n) is 21.7. The number of nitrogens with zero attached hydrogens (tertiary/aromatic N) is 1. The minimum absolute atomic E-state index is 0.0723. The van der Waals surface area contributed by atoms with Crippen LogP contribution in [0, 0.1) is 0 Å². The van der Waals surface area contributed by atoms with Crippen LogP contribution in [-0.2, 0) is 16.6 Å². The number of hydrogen-bond donors (Lipinski definition) is 2. The van der Waals surface area contributed by atoms with Crippen molar-refractivity contribution in [3.05, 3.63) is 87.9 Å². The van der Waals surface area contributed by atoms with Gasteiger partial charge in [-0.3, -0.25) is 9.78 Å². The summed E-state index contributed by atoms with van der Waals surface area (Å²) in [6, 6.07) is 18.2. The van der Waals surface area contributed by atoms with Gasteiger partial charge in [-0.1, -0.05) is 52.8 Å². The first kappa shape index (κ1) is 26.4. The first-order valence-corrected chi connectivity index (χ1v) is 13.1. The number of ether oxygens (including phenoxy) is 1. The molecule has 0 aliphatic rings. The van der Waals surface area contributed by atoms with Crippen LogP contribution in [0.2, 0.25) is 0 Å². The number of rotatable bonds is 8. The Morgan fingerprint density at radius 1 is 0.973 bits per heavy atom. The number of nitrogens with one attached hydrogen (secondary N) is 1. The van der Waals surface area contributed by atoms with Crippen LogP contribution in [0.5, 0.6) is 11.5 Å². The molecule has 192 valence electrons. The zero-order chi connectivity index (χ0) is 26.7. The molecule has 2 aromatic carbocycles. The number of carbonyl (C=O) groups excluding carboxylic acids is 1. The van der Waals surface area contributed by atoms with Gasteiger partial charge in [0.05, 0.1) is 0 Å². The molecule has 0 unspecified atom stereocenters. The minimum Gasteiger partial charge on any atom is -0.480 e. The molecule has 4 rings (SSSR count). The monoisotopic (exact) mass is 516 g/mol. The summed E-state index contributed by atoms with van der Waals surface area (Å²) in [5, 5.41) is 13.9. The van der Waals surface area contributed by atoms with E-state index in [-0.39, 0.29) is 17.5 Å². The molecule has 4 aromatic rings. The number of amides is 1. The lowest BCUT2D eigenvalue weighted by molar-refractivity contribution is -0.139. The highest BCUT2D eigenvalue weighted by Crippen LogP contribution is 2.29. The van der Waals surface area contributed by atoms with Crippen molar-refractivity contribution in [1.29, 1.82) is 0 Å².